The lowest BCUT2D eigenvalue weighted by Crippen LogP contribution is -2.39. The quantitative estimate of drug-likeness (QED) is 0.690. The van der Waals surface area contributed by atoms with Crippen molar-refractivity contribution < 1.29 is 9.53 Å². The number of likely N-dealkylation sites (tertiary alicyclic amines) is 1. The Morgan fingerprint density at radius 1 is 1.19 bits per heavy atom. The van der Waals surface area contributed by atoms with E-state index in [4.69, 9.17) is 0 Å². The Morgan fingerprint density at radius 3 is 2.38 bits per heavy atom. The van der Waals surface area contributed by atoms with Gasteiger partial charge in [0.1, 0.15) is 0 Å². The molecule has 2 fully saturated rings. The molecule has 3 heteroatoms. The molecule has 1 saturated heterocycles. The third-order valence-corrected chi connectivity index (χ3v) is 4.44. The van der Waals surface area contributed by atoms with Crippen molar-refractivity contribution in [1.82, 2.24) is 4.90 Å². The highest BCUT2D eigenvalue weighted by Crippen LogP contribution is 2.45. The summed E-state index contributed by atoms with van der Waals surface area (Å²) in [6, 6.07) is 0. The molecule has 1 aliphatic carbocycles. The minimum absolute atomic E-state index is 0.0823. The van der Waals surface area contributed by atoms with Crippen LogP contribution in [0.25, 0.3) is 0 Å². The van der Waals surface area contributed by atoms with Crippen molar-refractivity contribution >= 4 is 5.97 Å². The van der Waals surface area contributed by atoms with Crippen molar-refractivity contribution in [2.75, 3.05) is 26.7 Å². The third kappa shape index (κ3) is 2.76. The molecule has 0 aromatic heterocycles. The number of methoxy groups -OCH3 is 1. The molecule has 16 heavy (non-hydrogen) atoms. The second kappa shape index (κ2) is 5.17. The second-order valence-electron chi connectivity index (χ2n) is 5.37. The van der Waals surface area contributed by atoms with E-state index in [1.54, 1.807) is 0 Å². The Kier molecular flexibility index (Phi) is 3.85. The number of carbonyl (C=O) groups is 1. The van der Waals surface area contributed by atoms with Crippen LogP contribution >= 0.6 is 0 Å². The summed E-state index contributed by atoms with van der Waals surface area (Å²) in [7, 11) is 1.46. The summed E-state index contributed by atoms with van der Waals surface area (Å²) in [6.45, 7) is 3.23. The lowest BCUT2D eigenvalue weighted by molar-refractivity contribution is -0.141. The summed E-state index contributed by atoms with van der Waals surface area (Å²) in [4.78, 5) is 13.5. The molecule has 3 nitrogen and oxygen atoms in total. The number of esters is 1. The highest BCUT2D eigenvalue weighted by molar-refractivity contribution is 5.69. The number of hydrogen-bond acceptors (Lipinski definition) is 3. The van der Waals surface area contributed by atoms with Gasteiger partial charge < -0.3 is 9.64 Å². The summed E-state index contributed by atoms with van der Waals surface area (Å²) in [6.07, 6.45) is 8.98. The highest BCUT2D eigenvalue weighted by Gasteiger charge is 2.36. The predicted molar refractivity (Wildman–Crippen MR) is 63.2 cm³/mol. The zero-order chi connectivity index (χ0) is 11.4. The lowest BCUT2D eigenvalue weighted by atomic mass is 9.77. The number of ether oxygens (including phenoxy) is 1. The smallest absolute Gasteiger partial charge is 0.306 e. The van der Waals surface area contributed by atoms with Gasteiger partial charge in [-0.3, -0.25) is 4.79 Å². The maximum atomic E-state index is 11.1. The molecule has 0 amide bonds. The first-order valence-corrected chi connectivity index (χ1v) is 6.53. The molecule has 0 aromatic rings. The van der Waals surface area contributed by atoms with Crippen molar-refractivity contribution in [3.05, 3.63) is 0 Å². The molecule has 1 saturated carbocycles. The topological polar surface area (TPSA) is 29.5 Å². The summed E-state index contributed by atoms with van der Waals surface area (Å²) in [5.74, 6) is -0.0823. The summed E-state index contributed by atoms with van der Waals surface area (Å²) in [5, 5.41) is 0. The maximum absolute atomic E-state index is 11.1. The van der Waals surface area contributed by atoms with Gasteiger partial charge in [-0.1, -0.05) is 12.8 Å². The van der Waals surface area contributed by atoms with E-state index < -0.39 is 0 Å². The number of hydrogen-bond donors (Lipinski definition) is 0. The van der Waals surface area contributed by atoms with Gasteiger partial charge in [-0.15, -0.1) is 0 Å². The van der Waals surface area contributed by atoms with Gasteiger partial charge in [0.25, 0.3) is 0 Å². The van der Waals surface area contributed by atoms with Gasteiger partial charge in [0.2, 0.25) is 0 Å². The Morgan fingerprint density at radius 2 is 1.81 bits per heavy atom. The average molecular weight is 225 g/mol. The SMILES string of the molecule is COC(=O)CCN1CCC2(CCCC2)CC1. The van der Waals surface area contributed by atoms with E-state index in [1.165, 1.54) is 58.7 Å². The maximum Gasteiger partial charge on any atom is 0.306 e. The van der Waals surface area contributed by atoms with E-state index in [0.717, 1.165) is 6.54 Å². The lowest BCUT2D eigenvalue weighted by Gasteiger charge is -2.39. The number of carbonyl (C=O) groups excluding carboxylic acids is 1. The van der Waals surface area contributed by atoms with E-state index in [9.17, 15) is 4.79 Å². The Balaban J connectivity index is 1.70. The zero-order valence-electron chi connectivity index (χ0n) is 10.3. The van der Waals surface area contributed by atoms with Crippen LogP contribution in [-0.4, -0.2) is 37.6 Å². The molecule has 0 bridgehead atoms. The molecule has 1 heterocycles. The van der Waals surface area contributed by atoms with Crippen LogP contribution in [0, 0.1) is 5.41 Å². The van der Waals surface area contributed by atoms with Crippen molar-refractivity contribution in [3.8, 4) is 0 Å². The summed E-state index contributed by atoms with van der Waals surface area (Å²) >= 11 is 0. The van der Waals surface area contributed by atoms with Gasteiger partial charge in [0, 0.05) is 6.54 Å². The van der Waals surface area contributed by atoms with E-state index in [0.29, 0.717) is 11.8 Å². The van der Waals surface area contributed by atoms with Gasteiger partial charge in [0.05, 0.1) is 13.5 Å². The van der Waals surface area contributed by atoms with Crippen LogP contribution in [0.2, 0.25) is 0 Å². The largest absolute Gasteiger partial charge is 0.469 e. The van der Waals surface area contributed by atoms with Crippen molar-refractivity contribution in [3.63, 3.8) is 0 Å². The van der Waals surface area contributed by atoms with Gasteiger partial charge in [-0.25, -0.2) is 0 Å². The van der Waals surface area contributed by atoms with Crippen LogP contribution in [0.4, 0.5) is 0 Å². The Labute approximate surface area is 98.1 Å². The number of rotatable bonds is 3. The molecule has 0 aromatic carbocycles. The number of nitrogens with zero attached hydrogens (tertiary/aromatic N) is 1. The fraction of sp³-hybridized carbons (Fsp3) is 0.923. The van der Waals surface area contributed by atoms with E-state index >= 15 is 0 Å². The molecule has 0 unspecified atom stereocenters. The Bertz CT molecular complexity index is 236. The first-order valence-electron chi connectivity index (χ1n) is 6.53. The molecule has 1 aliphatic heterocycles. The van der Waals surface area contributed by atoms with Crippen LogP contribution < -0.4 is 0 Å². The molecule has 0 atom stereocenters. The molecular formula is C13H23NO2. The normalized spacial score (nSPS) is 24.8. The molecule has 1 spiro atoms. The predicted octanol–water partition coefficient (Wildman–Crippen LogP) is 2.21. The van der Waals surface area contributed by atoms with Crippen molar-refractivity contribution in [2.45, 2.75) is 44.9 Å². The first kappa shape index (κ1) is 11.9. The fourth-order valence-corrected chi connectivity index (χ4v) is 3.23. The van der Waals surface area contributed by atoms with E-state index in [2.05, 4.69) is 9.64 Å². The zero-order valence-corrected chi connectivity index (χ0v) is 10.3. The molecule has 0 N–H and O–H groups in total. The average Bonchev–Trinajstić information content (AvgIpc) is 2.77. The van der Waals surface area contributed by atoms with Crippen molar-refractivity contribution in [2.24, 2.45) is 5.41 Å². The van der Waals surface area contributed by atoms with Gasteiger partial charge >= 0.3 is 5.97 Å². The summed E-state index contributed by atoms with van der Waals surface area (Å²) < 4.78 is 4.67. The third-order valence-electron chi connectivity index (χ3n) is 4.44. The molecular weight excluding hydrogens is 202 g/mol. The van der Waals surface area contributed by atoms with Crippen molar-refractivity contribution in [1.29, 1.82) is 0 Å². The minimum Gasteiger partial charge on any atom is -0.469 e. The Hall–Kier alpha value is -0.570. The van der Waals surface area contributed by atoms with Gasteiger partial charge in [-0.05, 0) is 44.2 Å². The van der Waals surface area contributed by atoms with E-state index in [1.807, 2.05) is 0 Å². The molecule has 2 aliphatic rings. The van der Waals surface area contributed by atoms with Crippen LogP contribution in [0.5, 0.6) is 0 Å². The standard InChI is InChI=1S/C13H23NO2/c1-16-12(15)4-9-14-10-7-13(8-11-14)5-2-3-6-13/h2-11H2,1H3. The van der Waals surface area contributed by atoms with Gasteiger partial charge in [0.15, 0.2) is 0 Å². The van der Waals surface area contributed by atoms with Crippen LogP contribution in [0.15, 0.2) is 0 Å². The fourth-order valence-electron chi connectivity index (χ4n) is 3.23. The van der Waals surface area contributed by atoms with Crippen LogP contribution in [0.3, 0.4) is 0 Å². The number of piperidine rings is 1. The van der Waals surface area contributed by atoms with Crippen LogP contribution in [0.1, 0.15) is 44.9 Å². The highest BCUT2D eigenvalue weighted by atomic mass is 16.5. The van der Waals surface area contributed by atoms with E-state index in [-0.39, 0.29) is 5.97 Å². The molecule has 2 rings (SSSR count). The summed E-state index contributed by atoms with van der Waals surface area (Å²) in [5.41, 5.74) is 0.682. The second-order valence-corrected chi connectivity index (χ2v) is 5.37. The monoisotopic (exact) mass is 225 g/mol. The molecule has 92 valence electrons. The van der Waals surface area contributed by atoms with Crippen LogP contribution in [-0.2, 0) is 9.53 Å². The van der Waals surface area contributed by atoms with Gasteiger partial charge in [-0.2, -0.15) is 0 Å². The first-order chi connectivity index (χ1) is 7.74. The molecule has 0 radical (unpaired) electrons. The minimum atomic E-state index is -0.0823.